The van der Waals surface area contributed by atoms with Gasteiger partial charge in [-0.15, -0.1) is 6.58 Å². The van der Waals surface area contributed by atoms with E-state index in [1.165, 1.54) is 0 Å². The summed E-state index contributed by atoms with van der Waals surface area (Å²) >= 11 is 0. The van der Waals surface area contributed by atoms with Crippen molar-refractivity contribution in [1.29, 1.82) is 0 Å². The predicted octanol–water partition coefficient (Wildman–Crippen LogP) is 3.13. The Hall–Kier alpha value is -0.340. The maximum atomic E-state index is 5.92. The summed E-state index contributed by atoms with van der Waals surface area (Å²) in [5.74, 6) is -0.414. The Bertz CT molecular complexity index is 210. The Morgan fingerprint density at radius 1 is 1.43 bits per heavy atom. The van der Waals surface area contributed by atoms with E-state index in [1.54, 1.807) is 0 Å². The highest BCUT2D eigenvalue weighted by molar-refractivity contribution is 4.84. The van der Waals surface area contributed by atoms with Gasteiger partial charge < -0.3 is 9.47 Å². The summed E-state index contributed by atoms with van der Waals surface area (Å²) in [5.41, 5.74) is 0.119. The number of allylic oxidation sites excluding steroid dienone is 1. The van der Waals surface area contributed by atoms with E-state index in [0.717, 1.165) is 19.4 Å². The summed E-state index contributed by atoms with van der Waals surface area (Å²) in [4.78, 5) is 0. The molecule has 82 valence electrons. The average Bonchev–Trinajstić information content (AvgIpc) is 2.10. The van der Waals surface area contributed by atoms with Gasteiger partial charge in [0, 0.05) is 11.8 Å². The van der Waals surface area contributed by atoms with E-state index >= 15 is 0 Å². The van der Waals surface area contributed by atoms with Gasteiger partial charge in [0.25, 0.3) is 0 Å². The summed E-state index contributed by atoms with van der Waals surface area (Å²) in [6.45, 7) is 13.0. The smallest absolute Gasteiger partial charge is 0.166 e. The highest BCUT2D eigenvalue weighted by Crippen LogP contribution is 2.36. The van der Waals surface area contributed by atoms with E-state index < -0.39 is 5.79 Å². The lowest BCUT2D eigenvalue weighted by atomic mass is 9.87. The summed E-state index contributed by atoms with van der Waals surface area (Å²) in [6.07, 6.45) is 3.97. The molecule has 0 unspecified atom stereocenters. The summed E-state index contributed by atoms with van der Waals surface area (Å²) in [7, 11) is 0. The Kier molecular flexibility index (Phi) is 3.38. The van der Waals surface area contributed by atoms with Crippen LogP contribution in [-0.2, 0) is 9.47 Å². The normalized spacial score (nSPS) is 36.7. The molecule has 0 aromatic heterocycles. The van der Waals surface area contributed by atoms with E-state index in [0.29, 0.717) is 0 Å². The van der Waals surface area contributed by atoms with Crippen LogP contribution in [0.1, 0.15) is 40.5 Å². The molecule has 1 aliphatic rings. The fourth-order valence-corrected chi connectivity index (χ4v) is 1.52. The van der Waals surface area contributed by atoms with Gasteiger partial charge in [-0.25, -0.2) is 0 Å². The molecule has 1 saturated heterocycles. The quantitative estimate of drug-likeness (QED) is 0.649. The summed E-state index contributed by atoms with van der Waals surface area (Å²) in [5, 5.41) is 0. The van der Waals surface area contributed by atoms with Crippen LogP contribution in [-0.4, -0.2) is 18.5 Å². The van der Waals surface area contributed by atoms with Gasteiger partial charge in [-0.2, -0.15) is 0 Å². The maximum Gasteiger partial charge on any atom is 0.166 e. The monoisotopic (exact) mass is 198 g/mol. The molecular weight excluding hydrogens is 176 g/mol. The lowest BCUT2D eigenvalue weighted by molar-refractivity contribution is -0.318. The van der Waals surface area contributed by atoms with Crippen molar-refractivity contribution in [1.82, 2.24) is 0 Å². The van der Waals surface area contributed by atoms with Crippen molar-refractivity contribution in [2.45, 2.75) is 52.4 Å². The molecule has 0 aromatic carbocycles. The topological polar surface area (TPSA) is 18.5 Å². The molecule has 0 aromatic rings. The Labute approximate surface area is 87.3 Å². The van der Waals surface area contributed by atoms with Crippen LogP contribution in [0.4, 0.5) is 0 Å². The minimum atomic E-state index is -0.414. The third-order valence-electron chi connectivity index (χ3n) is 3.08. The summed E-state index contributed by atoms with van der Waals surface area (Å²) in [6, 6.07) is 0. The fraction of sp³-hybridized carbons (Fsp3) is 0.833. The fourth-order valence-electron chi connectivity index (χ4n) is 1.52. The first-order valence-electron chi connectivity index (χ1n) is 5.32. The zero-order valence-corrected chi connectivity index (χ0v) is 9.80. The van der Waals surface area contributed by atoms with Gasteiger partial charge in [0.15, 0.2) is 5.79 Å². The van der Waals surface area contributed by atoms with E-state index in [1.807, 2.05) is 13.0 Å². The number of rotatable bonds is 3. The minimum absolute atomic E-state index is 0.119. The molecule has 0 saturated carbocycles. The molecule has 2 nitrogen and oxygen atoms in total. The summed E-state index contributed by atoms with van der Waals surface area (Å²) < 4.78 is 11.7. The molecule has 14 heavy (non-hydrogen) atoms. The predicted molar refractivity (Wildman–Crippen MR) is 58.1 cm³/mol. The maximum absolute atomic E-state index is 5.92. The highest BCUT2D eigenvalue weighted by Gasteiger charge is 2.41. The van der Waals surface area contributed by atoms with E-state index in [9.17, 15) is 0 Å². The van der Waals surface area contributed by atoms with Crippen LogP contribution >= 0.6 is 0 Å². The van der Waals surface area contributed by atoms with Gasteiger partial charge in [0.2, 0.25) is 0 Å². The zero-order chi connectivity index (χ0) is 10.8. The van der Waals surface area contributed by atoms with Gasteiger partial charge in [-0.05, 0) is 20.3 Å². The molecular formula is C12H22O2. The second kappa shape index (κ2) is 4.03. The standard InChI is InChI=1S/C12H22O2/c1-6-7-8-12(5)13-9-11(3,4)10(2)14-12/h6,10H,1,7-9H2,2-5H3/t10-,12-/m0/s1. The van der Waals surface area contributed by atoms with Crippen LogP contribution in [0.15, 0.2) is 12.7 Å². The number of ether oxygens (including phenoxy) is 2. The SMILES string of the molecule is C=CCC[C@@]1(C)OCC(C)(C)[C@H](C)O1. The van der Waals surface area contributed by atoms with Crippen molar-refractivity contribution in [3.05, 3.63) is 12.7 Å². The largest absolute Gasteiger partial charge is 0.350 e. The lowest BCUT2D eigenvalue weighted by Gasteiger charge is -2.46. The molecule has 1 fully saturated rings. The number of hydrogen-bond donors (Lipinski definition) is 0. The van der Waals surface area contributed by atoms with Crippen LogP contribution in [0.25, 0.3) is 0 Å². The minimum Gasteiger partial charge on any atom is -0.350 e. The molecule has 0 N–H and O–H groups in total. The highest BCUT2D eigenvalue weighted by atomic mass is 16.7. The molecule has 0 radical (unpaired) electrons. The second-order valence-electron chi connectivity index (χ2n) is 5.00. The van der Waals surface area contributed by atoms with Crippen LogP contribution in [0.3, 0.4) is 0 Å². The Morgan fingerprint density at radius 2 is 2.07 bits per heavy atom. The molecule has 1 rings (SSSR count). The van der Waals surface area contributed by atoms with Crippen LogP contribution < -0.4 is 0 Å². The average molecular weight is 198 g/mol. The molecule has 0 bridgehead atoms. The molecule has 1 aliphatic heterocycles. The van der Waals surface area contributed by atoms with Crippen molar-refractivity contribution >= 4 is 0 Å². The second-order valence-corrected chi connectivity index (χ2v) is 5.00. The first kappa shape index (κ1) is 11.7. The van der Waals surface area contributed by atoms with Gasteiger partial charge in [0.1, 0.15) is 0 Å². The molecule has 0 spiro atoms. The van der Waals surface area contributed by atoms with Gasteiger partial charge >= 0.3 is 0 Å². The van der Waals surface area contributed by atoms with Crippen molar-refractivity contribution in [3.63, 3.8) is 0 Å². The molecule has 2 heteroatoms. The third kappa shape index (κ3) is 2.58. The Balaban J connectivity index is 2.56. The lowest BCUT2D eigenvalue weighted by Crippen LogP contribution is -2.50. The van der Waals surface area contributed by atoms with Crippen molar-refractivity contribution < 1.29 is 9.47 Å². The van der Waals surface area contributed by atoms with E-state index in [4.69, 9.17) is 9.47 Å². The van der Waals surface area contributed by atoms with Crippen molar-refractivity contribution in [2.75, 3.05) is 6.61 Å². The van der Waals surface area contributed by atoms with E-state index in [2.05, 4.69) is 27.4 Å². The van der Waals surface area contributed by atoms with Crippen LogP contribution in [0, 0.1) is 5.41 Å². The van der Waals surface area contributed by atoms with Crippen LogP contribution in [0.5, 0.6) is 0 Å². The molecule has 0 aliphatic carbocycles. The Morgan fingerprint density at radius 3 is 2.57 bits per heavy atom. The molecule has 0 amide bonds. The van der Waals surface area contributed by atoms with E-state index in [-0.39, 0.29) is 11.5 Å². The van der Waals surface area contributed by atoms with Gasteiger partial charge in [-0.3, -0.25) is 0 Å². The molecule has 1 heterocycles. The van der Waals surface area contributed by atoms with Crippen molar-refractivity contribution in [2.24, 2.45) is 5.41 Å². The van der Waals surface area contributed by atoms with Gasteiger partial charge in [0.05, 0.1) is 12.7 Å². The van der Waals surface area contributed by atoms with Crippen molar-refractivity contribution in [3.8, 4) is 0 Å². The van der Waals surface area contributed by atoms with Crippen LogP contribution in [0.2, 0.25) is 0 Å². The zero-order valence-electron chi connectivity index (χ0n) is 9.80. The van der Waals surface area contributed by atoms with Gasteiger partial charge in [-0.1, -0.05) is 19.9 Å². The number of hydrogen-bond acceptors (Lipinski definition) is 2. The third-order valence-corrected chi connectivity index (χ3v) is 3.08. The first-order valence-corrected chi connectivity index (χ1v) is 5.32. The first-order chi connectivity index (χ1) is 6.40. The molecule has 2 atom stereocenters.